The summed E-state index contributed by atoms with van der Waals surface area (Å²) < 4.78 is 0. The van der Waals surface area contributed by atoms with E-state index in [-0.39, 0.29) is 12.1 Å². The Kier molecular flexibility index (Phi) is 3.99. The van der Waals surface area contributed by atoms with Gasteiger partial charge in [0.1, 0.15) is 17.5 Å². The van der Waals surface area contributed by atoms with Crippen molar-refractivity contribution >= 4 is 11.6 Å². The van der Waals surface area contributed by atoms with Crippen molar-refractivity contribution in [2.75, 3.05) is 17.4 Å². The lowest BCUT2D eigenvalue weighted by Gasteiger charge is -2.36. The third-order valence-corrected chi connectivity index (χ3v) is 4.74. The molecule has 4 N–H and O–H groups in total. The van der Waals surface area contributed by atoms with E-state index in [1.807, 2.05) is 14.0 Å². The average molecular weight is 291 g/mol. The van der Waals surface area contributed by atoms with Crippen molar-refractivity contribution in [1.29, 1.82) is 0 Å². The molecule has 2 aliphatic carbocycles. The fraction of sp³-hybridized carbons (Fsp3) is 0.733. The Bertz CT molecular complexity index is 517. The first-order valence-corrected chi connectivity index (χ1v) is 7.88. The second-order valence-corrected chi connectivity index (χ2v) is 6.33. The van der Waals surface area contributed by atoms with Crippen LogP contribution >= 0.6 is 0 Å². The minimum Gasteiger partial charge on any atom is -0.391 e. The monoisotopic (exact) mass is 291 g/mol. The lowest BCUT2D eigenvalue weighted by atomic mass is 9.91. The summed E-state index contributed by atoms with van der Waals surface area (Å²) in [7, 11) is 2.02. The van der Waals surface area contributed by atoms with Crippen molar-refractivity contribution in [1.82, 2.24) is 9.97 Å². The minimum absolute atomic E-state index is 0.130. The number of nitrogen functional groups attached to an aromatic ring is 1. The Morgan fingerprint density at radius 1 is 1.19 bits per heavy atom. The third kappa shape index (κ3) is 2.82. The van der Waals surface area contributed by atoms with Crippen LogP contribution in [0.1, 0.15) is 55.8 Å². The first-order chi connectivity index (χ1) is 10.1. The van der Waals surface area contributed by atoms with Crippen LogP contribution < -0.4 is 16.2 Å². The van der Waals surface area contributed by atoms with E-state index in [2.05, 4.69) is 15.3 Å². The Labute approximate surface area is 125 Å². The Balaban J connectivity index is 1.93. The predicted octanol–water partition coefficient (Wildman–Crippen LogP) is 1.69. The Morgan fingerprint density at radius 3 is 2.52 bits per heavy atom. The molecule has 2 unspecified atom stereocenters. The highest BCUT2D eigenvalue weighted by Gasteiger charge is 2.32. The highest BCUT2D eigenvalue weighted by Crippen LogP contribution is 2.40. The van der Waals surface area contributed by atoms with Gasteiger partial charge in [0, 0.05) is 18.5 Å². The summed E-state index contributed by atoms with van der Waals surface area (Å²) in [5.41, 5.74) is 3.63. The van der Waals surface area contributed by atoms with Gasteiger partial charge in [0.05, 0.1) is 12.1 Å². The van der Waals surface area contributed by atoms with Crippen LogP contribution in [0.3, 0.4) is 0 Å². The molecule has 2 aliphatic rings. The van der Waals surface area contributed by atoms with Crippen LogP contribution in [0.15, 0.2) is 0 Å². The van der Waals surface area contributed by atoms with Crippen molar-refractivity contribution in [2.45, 2.75) is 63.5 Å². The smallest absolute Gasteiger partial charge is 0.148 e. The Morgan fingerprint density at radius 2 is 1.90 bits per heavy atom. The zero-order chi connectivity index (χ0) is 15.0. The van der Waals surface area contributed by atoms with Crippen molar-refractivity contribution in [3.05, 3.63) is 11.4 Å². The molecule has 0 aliphatic heterocycles. The van der Waals surface area contributed by atoms with E-state index in [9.17, 15) is 5.11 Å². The van der Waals surface area contributed by atoms with Crippen LogP contribution in [0, 0.1) is 6.92 Å². The summed E-state index contributed by atoms with van der Waals surface area (Å²) in [5.74, 6) is 8.54. The maximum atomic E-state index is 10.3. The third-order valence-electron chi connectivity index (χ3n) is 4.74. The highest BCUT2D eigenvalue weighted by molar-refractivity contribution is 5.58. The number of aliphatic hydroxyl groups excluding tert-OH is 1. The summed E-state index contributed by atoms with van der Waals surface area (Å²) in [6.07, 6.45) is 6.17. The molecule has 0 spiro atoms. The zero-order valence-corrected chi connectivity index (χ0v) is 12.8. The number of anilines is 2. The molecule has 0 bridgehead atoms. The minimum atomic E-state index is -0.281. The maximum absolute atomic E-state index is 10.3. The van der Waals surface area contributed by atoms with Crippen molar-refractivity contribution in [3.63, 3.8) is 0 Å². The second kappa shape index (κ2) is 5.77. The van der Waals surface area contributed by atoms with Crippen molar-refractivity contribution < 1.29 is 5.11 Å². The van der Waals surface area contributed by atoms with E-state index in [4.69, 9.17) is 10.8 Å². The zero-order valence-electron chi connectivity index (χ0n) is 12.8. The van der Waals surface area contributed by atoms with E-state index in [0.717, 1.165) is 55.7 Å². The molecule has 6 nitrogen and oxygen atoms in total. The number of aliphatic hydroxyl groups is 1. The molecule has 2 fully saturated rings. The molecule has 0 radical (unpaired) electrons. The topological polar surface area (TPSA) is 87.3 Å². The van der Waals surface area contributed by atoms with Crippen LogP contribution in [0.2, 0.25) is 0 Å². The highest BCUT2D eigenvalue weighted by atomic mass is 16.3. The number of nitrogens with zero attached hydrogens (tertiary/aromatic N) is 3. The van der Waals surface area contributed by atoms with E-state index >= 15 is 0 Å². The van der Waals surface area contributed by atoms with Crippen LogP contribution in [-0.4, -0.2) is 34.3 Å². The van der Waals surface area contributed by atoms with E-state index < -0.39 is 0 Å². The van der Waals surface area contributed by atoms with Gasteiger partial charge >= 0.3 is 0 Å². The Hall–Kier alpha value is -1.40. The van der Waals surface area contributed by atoms with Gasteiger partial charge in [-0.3, -0.25) is 0 Å². The number of nitrogens with two attached hydrogens (primary N) is 1. The van der Waals surface area contributed by atoms with Crippen LogP contribution in [-0.2, 0) is 0 Å². The first kappa shape index (κ1) is 14.5. The summed E-state index contributed by atoms with van der Waals surface area (Å²) in [6.45, 7) is 1.98. The molecule has 0 amide bonds. The lowest BCUT2D eigenvalue weighted by molar-refractivity contribution is 0.106. The number of nitrogens with one attached hydrogen (secondary N) is 1. The molecule has 2 saturated carbocycles. The van der Waals surface area contributed by atoms with Gasteiger partial charge in [-0.05, 0) is 32.6 Å². The molecule has 1 aromatic rings. The summed E-state index contributed by atoms with van der Waals surface area (Å²) in [5, 5.41) is 10.3. The van der Waals surface area contributed by atoms with Gasteiger partial charge in [0.15, 0.2) is 0 Å². The van der Waals surface area contributed by atoms with E-state index in [1.54, 1.807) is 0 Å². The van der Waals surface area contributed by atoms with Crippen molar-refractivity contribution in [2.24, 2.45) is 5.84 Å². The normalized spacial score (nSPS) is 25.7. The van der Waals surface area contributed by atoms with E-state index in [1.165, 1.54) is 0 Å². The molecule has 1 aromatic heterocycles. The van der Waals surface area contributed by atoms with Gasteiger partial charge in [0.2, 0.25) is 0 Å². The summed E-state index contributed by atoms with van der Waals surface area (Å²) in [4.78, 5) is 11.4. The fourth-order valence-electron chi connectivity index (χ4n) is 3.23. The molecule has 6 heteroatoms. The van der Waals surface area contributed by atoms with Gasteiger partial charge < -0.3 is 15.4 Å². The number of hydrazine groups is 1. The van der Waals surface area contributed by atoms with Crippen LogP contribution in [0.4, 0.5) is 11.6 Å². The summed E-state index contributed by atoms with van der Waals surface area (Å²) in [6, 6.07) is 0.130. The molecule has 3 rings (SSSR count). The molecule has 116 valence electrons. The number of hydrogen-bond acceptors (Lipinski definition) is 6. The predicted molar refractivity (Wildman–Crippen MR) is 83.2 cm³/mol. The fourth-order valence-corrected chi connectivity index (χ4v) is 3.23. The summed E-state index contributed by atoms with van der Waals surface area (Å²) >= 11 is 0. The number of likely N-dealkylation sites (N-methyl/N-ethyl adjacent to an activating group) is 1. The van der Waals surface area contributed by atoms with Gasteiger partial charge in [-0.25, -0.2) is 15.8 Å². The molecule has 2 atom stereocenters. The van der Waals surface area contributed by atoms with E-state index in [0.29, 0.717) is 11.7 Å². The second-order valence-electron chi connectivity index (χ2n) is 6.33. The van der Waals surface area contributed by atoms with Gasteiger partial charge in [-0.15, -0.1) is 0 Å². The molecule has 0 saturated heterocycles. The van der Waals surface area contributed by atoms with Gasteiger partial charge in [-0.1, -0.05) is 12.8 Å². The molecule has 1 heterocycles. The molecular formula is C15H25N5O. The molecule has 0 aromatic carbocycles. The quantitative estimate of drug-likeness (QED) is 0.578. The van der Waals surface area contributed by atoms with Crippen LogP contribution in [0.5, 0.6) is 0 Å². The maximum Gasteiger partial charge on any atom is 0.148 e. The number of rotatable bonds is 4. The number of hydrogen-bond donors (Lipinski definition) is 3. The number of aromatic nitrogens is 2. The largest absolute Gasteiger partial charge is 0.391 e. The standard InChI is InChI=1S/C15H25N5O/c1-9-13(19-16)17-14(10-7-8-10)18-15(9)20(2)11-5-3-4-6-12(11)21/h10-12,21H,3-8,16H2,1-2H3,(H,17,18,19). The lowest BCUT2D eigenvalue weighted by Crippen LogP contribution is -2.44. The average Bonchev–Trinajstić information content (AvgIpc) is 3.32. The van der Waals surface area contributed by atoms with Crippen molar-refractivity contribution in [3.8, 4) is 0 Å². The SMILES string of the molecule is Cc1c(NN)nc(C2CC2)nc1N(C)C1CCCCC1O. The van der Waals surface area contributed by atoms with Gasteiger partial charge in [0.25, 0.3) is 0 Å². The first-order valence-electron chi connectivity index (χ1n) is 7.88. The van der Waals surface area contributed by atoms with Gasteiger partial charge in [-0.2, -0.15) is 0 Å². The van der Waals surface area contributed by atoms with Crippen LogP contribution in [0.25, 0.3) is 0 Å². The molecule has 21 heavy (non-hydrogen) atoms. The molecular weight excluding hydrogens is 266 g/mol.